The Balaban J connectivity index is 2.02. The van der Waals surface area contributed by atoms with Gasteiger partial charge in [0.2, 0.25) is 0 Å². The third-order valence-electron chi connectivity index (χ3n) is 5.14. The number of nitriles is 1. The van der Waals surface area contributed by atoms with Crippen LogP contribution in [-0.2, 0) is 4.79 Å². The van der Waals surface area contributed by atoms with Gasteiger partial charge in [0.05, 0.1) is 18.3 Å². The Morgan fingerprint density at radius 1 is 1.27 bits per heavy atom. The van der Waals surface area contributed by atoms with E-state index < -0.39 is 42.2 Å². The first-order valence-electron chi connectivity index (χ1n) is 9.50. The number of benzene rings is 2. The Kier molecular flexibility index (Phi) is 6.15. The summed E-state index contributed by atoms with van der Waals surface area (Å²) in [5.74, 6) is -1.02. The van der Waals surface area contributed by atoms with Crippen molar-refractivity contribution in [3.05, 3.63) is 47.5 Å². The van der Waals surface area contributed by atoms with Crippen LogP contribution in [-0.4, -0.2) is 47.5 Å². The monoisotopic (exact) mass is 418 g/mol. The van der Waals surface area contributed by atoms with Crippen molar-refractivity contribution in [1.29, 1.82) is 5.26 Å². The van der Waals surface area contributed by atoms with Gasteiger partial charge in [-0.1, -0.05) is 18.2 Å². The van der Waals surface area contributed by atoms with Crippen LogP contribution in [0.3, 0.4) is 0 Å². The van der Waals surface area contributed by atoms with Gasteiger partial charge in [-0.25, -0.2) is 0 Å². The molecule has 1 heterocycles. The summed E-state index contributed by atoms with van der Waals surface area (Å²) in [6, 6.07) is 11.4. The molecule has 3 rings (SSSR count). The van der Waals surface area contributed by atoms with E-state index in [0.717, 1.165) is 17.6 Å². The summed E-state index contributed by atoms with van der Waals surface area (Å²) in [5, 5.41) is 28.8. The van der Waals surface area contributed by atoms with E-state index >= 15 is 0 Å². The van der Waals surface area contributed by atoms with Crippen molar-refractivity contribution >= 4 is 27.8 Å². The van der Waals surface area contributed by atoms with Crippen molar-refractivity contribution in [3.63, 3.8) is 0 Å². The summed E-state index contributed by atoms with van der Waals surface area (Å²) in [6.07, 6.45) is -6.86. The second-order valence-corrected chi connectivity index (χ2v) is 7.41. The molecule has 158 valence electrons. The number of alkyl halides is 3. The lowest BCUT2D eigenvalue weighted by Crippen LogP contribution is -2.19. The van der Waals surface area contributed by atoms with Crippen LogP contribution in [0, 0.1) is 11.3 Å². The number of carbonyl (C=O) groups is 1. The number of ketones is 1. The van der Waals surface area contributed by atoms with Crippen molar-refractivity contribution in [2.45, 2.75) is 38.1 Å². The van der Waals surface area contributed by atoms with Gasteiger partial charge in [0, 0.05) is 24.7 Å². The average Bonchev–Trinajstić information content (AvgIpc) is 3.44. The Labute approximate surface area is 171 Å². The van der Waals surface area contributed by atoms with E-state index in [1.165, 1.54) is 18.2 Å². The Bertz CT molecular complexity index is 1040. The number of halogens is 3. The molecule has 30 heavy (non-hydrogen) atoms. The molecule has 2 aromatic carbocycles. The normalized spacial score (nSPS) is 18.0. The van der Waals surface area contributed by atoms with Gasteiger partial charge < -0.3 is 15.1 Å². The molecule has 1 fully saturated rings. The highest BCUT2D eigenvalue weighted by Gasteiger charge is 2.39. The zero-order chi connectivity index (χ0) is 22.1. The number of hydrogen-bond acceptors (Lipinski definition) is 5. The molecule has 8 heteroatoms. The molecule has 0 aromatic heterocycles. The highest BCUT2D eigenvalue weighted by molar-refractivity contribution is 6.07. The summed E-state index contributed by atoms with van der Waals surface area (Å²) < 4.78 is 41.5. The highest BCUT2D eigenvalue weighted by Crippen LogP contribution is 2.39. The van der Waals surface area contributed by atoms with Crippen LogP contribution in [0.2, 0.25) is 0 Å². The maximum absolute atomic E-state index is 13.8. The molecule has 0 radical (unpaired) electrons. The fraction of sp³-hybridized carbons (Fsp3) is 0.364. The lowest BCUT2D eigenvalue weighted by molar-refractivity contribution is -0.116. The van der Waals surface area contributed by atoms with E-state index in [2.05, 4.69) is 11.8 Å². The fourth-order valence-corrected chi connectivity index (χ4v) is 3.39. The molecule has 0 saturated carbocycles. The quantitative estimate of drug-likeness (QED) is 0.408. The summed E-state index contributed by atoms with van der Waals surface area (Å²) >= 11 is 0. The van der Waals surface area contributed by atoms with Gasteiger partial charge in [-0.15, -0.1) is 0 Å². The number of aliphatic hydroxyl groups is 2. The maximum Gasteiger partial charge on any atom is 0.418 e. The number of carbonyl (C=O) groups excluding carboxylic acids is 1. The Morgan fingerprint density at radius 3 is 2.47 bits per heavy atom. The fourth-order valence-electron chi connectivity index (χ4n) is 3.39. The molecular weight excluding hydrogens is 397 g/mol. The molecule has 1 unspecified atom stereocenters. The number of aliphatic hydroxyl groups excluding tert-OH is 2. The molecule has 0 amide bonds. The average molecular weight is 418 g/mol. The highest BCUT2D eigenvalue weighted by atomic mass is 19.4. The van der Waals surface area contributed by atoms with Crippen molar-refractivity contribution in [2.24, 2.45) is 0 Å². The van der Waals surface area contributed by atoms with E-state index in [1.807, 2.05) is 12.1 Å². The molecule has 2 N–H and O–H groups in total. The summed E-state index contributed by atoms with van der Waals surface area (Å²) in [5.41, 5.74) is -1.57. The number of anilines is 1. The summed E-state index contributed by atoms with van der Waals surface area (Å²) in [4.78, 5) is 14.5. The number of fused-ring (bicyclic) bond motifs is 1. The predicted molar refractivity (Wildman–Crippen MR) is 107 cm³/mol. The second kappa shape index (κ2) is 8.46. The molecule has 1 aliphatic rings. The standard InChI is InChI=1S/C22H21F3N2O3/c1-13-11-27(13)17-5-4-14-8-16(3-2-15(14)9-17)21(22(23,24)25)19(10-26)20(30)7-6-18(29)12-28/h2-5,8-9,13,18,28-29H,6-7,11-12H2,1H3/b21-19-/t13-,18?,27?/m1/s1. The zero-order valence-electron chi connectivity index (χ0n) is 16.3. The van der Waals surface area contributed by atoms with E-state index in [1.54, 1.807) is 12.1 Å². The van der Waals surface area contributed by atoms with Gasteiger partial charge in [-0.3, -0.25) is 4.79 Å². The molecular formula is C22H21F3N2O3. The van der Waals surface area contributed by atoms with Crippen LogP contribution < -0.4 is 4.90 Å². The van der Waals surface area contributed by atoms with Crippen LogP contribution in [0.4, 0.5) is 18.9 Å². The zero-order valence-corrected chi connectivity index (χ0v) is 16.3. The van der Waals surface area contributed by atoms with E-state index in [-0.39, 0.29) is 12.0 Å². The molecule has 2 aromatic rings. The van der Waals surface area contributed by atoms with E-state index in [0.29, 0.717) is 11.4 Å². The summed E-state index contributed by atoms with van der Waals surface area (Å²) in [6.45, 7) is 2.39. The Hall–Kier alpha value is -2.89. The predicted octanol–water partition coefficient (Wildman–Crippen LogP) is 3.59. The molecule has 5 nitrogen and oxygen atoms in total. The van der Waals surface area contributed by atoms with Crippen LogP contribution >= 0.6 is 0 Å². The minimum atomic E-state index is -4.92. The minimum Gasteiger partial charge on any atom is -0.394 e. The second-order valence-electron chi connectivity index (χ2n) is 7.41. The van der Waals surface area contributed by atoms with Gasteiger partial charge in [0.1, 0.15) is 11.6 Å². The van der Waals surface area contributed by atoms with Gasteiger partial charge in [-0.05, 0) is 47.9 Å². The van der Waals surface area contributed by atoms with Crippen molar-refractivity contribution < 1.29 is 28.2 Å². The SMILES string of the molecule is C[C@@H]1CN1c1ccc2cc(/C(=C(\C#N)C(=O)CCC(O)CO)C(F)(F)F)ccc2c1. The molecule has 1 aliphatic heterocycles. The number of Topliss-reactive ketones (excluding diaryl/α,β-unsaturated/α-hetero) is 1. The smallest absolute Gasteiger partial charge is 0.394 e. The molecule has 0 aliphatic carbocycles. The maximum atomic E-state index is 13.8. The lowest BCUT2D eigenvalue weighted by atomic mass is 9.93. The molecule has 0 spiro atoms. The van der Waals surface area contributed by atoms with Gasteiger partial charge in [0.25, 0.3) is 0 Å². The molecule has 0 bridgehead atoms. The van der Waals surface area contributed by atoms with Crippen molar-refractivity contribution in [1.82, 2.24) is 0 Å². The van der Waals surface area contributed by atoms with Crippen molar-refractivity contribution in [2.75, 3.05) is 18.1 Å². The van der Waals surface area contributed by atoms with Gasteiger partial charge in [0.15, 0.2) is 5.78 Å². The van der Waals surface area contributed by atoms with E-state index in [4.69, 9.17) is 5.11 Å². The van der Waals surface area contributed by atoms with E-state index in [9.17, 15) is 28.3 Å². The third-order valence-corrected chi connectivity index (χ3v) is 5.14. The number of allylic oxidation sites excluding steroid dienone is 2. The van der Waals surface area contributed by atoms with Crippen LogP contribution in [0.25, 0.3) is 16.3 Å². The first-order valence-corrected chi connectivity index (χ1v) is 9.50. The first kappa shape index (κ1) is 21.8. The number of nitrogens with zero attached hydrogens (tertiary/aromatic N) is 2. The number of hydrogen-bond donors (Lipinski definition) is 2. The first-order chi connectivity index (χ1) is 14.2. The van der Waals surface area contributed by atoms with Crippen LogP contribution in [0.15, 0.2) is 42.0 Å². The van der Waals surface area contributed by atoms with Gasteiger partial charge >= 0.3 is 6.18 Å². The molecule has 2 atom stereocenters. The van der Waals surface area contributed by atoms with Gasteiger partial charge in [-0.2, -0.15) is 18.4 Å². The summed E-state index contributed by atoms with van der Waals surface area (Å²) in [7, 11) is 0. The minimum absolute atomic E-state index is 0.235. The van der Waals surface area contributed by atoms with Crippen LogP contribution in [0.5, 0.6) is 0 Å². The Morgan fingerprint density at radius 2 is 1.90 bits per heavy atom. The van der Waals surface area contributed by atoms with Crippen LogP contribution in [0.1, 0.15) is 25.3 Å². The largest absolute Gasteiger partial charge is 0.418 e. The van der Waals surface area contributed by atoms with Crippen molar-refractivity contribution in [3.8, 4) is 6.07 Å². The third kappa shape index (κ3) is 4.64. The lowest BCUT2D eigenvalue weighted by Gasteiger charge is -2.16. The molecule has 1 saturated heterocycles. The topological polar surface area (TPSA) is 84.3 Å². The number of rotatable bonds is 7.